The summed E-state index contributed by atoms with van der Waals surface area (Å²) in [7, 11) is 1.54. The van der Waals surface area contributed by atoms with Crippen LogP contribution in [0.5, 0.6) is 5.88 Å². The monoisotopic (exact) mass is 392 g/mol. The van der Waals surface area contributed by atoms with Crippen LogP contribution in [0.25, 0.3) is 16.9 Å². The number of hydrogen-bond donors (Lipinski definition) is 0. The van der Waals surface area contributed by atoms with E-state index in [1.165, 1.54) is 24.8 Å². The van der Waals surface area contributed by atoms with E-state index in [4.69, 9.17) is 4.74 Å². The number of rotatable bonds is 6. The van der Waals surface area contributed by atoms with E-state index in [-0.39, 0.29) is 5.69 Å². The van der Waals surface area contributed by atoms with Crippen molar-refractivity contribution in [2.24, 2.45) is 0 Å². The highest BCUT2D eigenvalue weighted by Gasteiger charge is 2.18. The van der Waals surface area contributed by atoms with E-state index in [1.54, 1.807) is 28.4 Å². The minimum absolute atomic E-state index is 0.00340. The van der Waals surface area contributed by atoms with Gasteiger partial charge in [0.15, 0.2) is 5.65 Å². The predicted octanol–water partition coefficient (Wildman–Crippen LogP) is 4.61. The molecule has 0 unspecified atom stereocenters. The van der Waals surface area contributed by atoms with Crippen molar-refractivity contribution < 1.29 is 9.66 Å². The maximum Gasteiger partial charge on any atom is 0.270 e. The first-order valence-electron chi connectivity index (χ1n) is 8.51. The number of hydrogen-bond acceptors (Lipinski definition) is 6. The summed E-state index contributed by atoms with van der Waals surface area (Å²) in [5.41, 5.74) is 2.95. The van der Waals surface area contributed by atoms with E-state index in [9.17, 15) is 10.1 Å². The van der Waals surface area contributed by atoms with Gasteiger partial charge in [-0.25, -0.2) is 4.98 Å². The number of imidazole rings is 1. The first-order chi connectivity index (χ1) is 13.7. The third kappa shape index (κ3) is 3.54. The second-order valence-corrected chi connectivity index (χ2v) is 6.99. The molecular weight excluding hydrogens is 376 g/mol. The van der Waals surface area contributed by atoms with Crippen LogP contribution in [0.2, 0.25) is 0 Å². The molecule has 0 aliphatic heterocycles. The number of methoxy groups -OCH3 is 1. The van der Waals surface area contributed by atoms with Crippen molar-refractivity contribution in [3.8, 4) is 17.1 Å². The van der Waals surface area contributed by atoms with Gasteiger partial charge in [-0.05, 0) is 17.7 Å². The van der Waals surface area contributed by atoms with Crippen LogP contribution in [0.1, 0.15) is 5.56 Å². The van der Waals surface area contributed by atoms with E-state index < -0.39 is 4.92 Å². The summed E-state index contributed by atoms with van der Waals surface area (Å²) in [4.78, 5) is 15.2. The van der Waals surface area contributed by atoms with Gasteiger partial charge in [0.1, 0.15) is 10.7 Å². The summed E-state index contributed by atoms with van der Waals surface area (Å²) >= 11 is 1.61. The first kappa shape index (κ1) is 18.0. The fourth-order valence-corrected chi connectivity index (χ4v) is 3.65. The maximum absolute atomic E-state index is 11.1. The van der Waals surface area contributed by atoms with Gasteiger partial charge in [0.25, 0.3) is 5.69 Å². The SMILES string of the molecule is COc1c(-c2cccc([N+](=O)[O-])c2)nc2ccc(SCc3ccccc3)nn12. The van der Waals surface area contributed by atoms with Crippen molar-refractivity contribution >= 4 is 23.1 Å². The Morgan fingerprint density at radius 3 is 2.68 bits per heavy atom. The average molecular weight is 392 g/mol. The summed E-state index contributed by atoms with van der Waals surface area (Å²) < 4.78 is 7.16. The molecule has 140 valence electrons. The highest BCUT2D eigenvalue weighted by atomic mass is 32.2. The third-order valence-corrected chi connectivity index (χ3v) is 5.16. The lowest BCUT2D eigenvalue weighted by Crippen LogP contribution is -1.97. The number of benzene rings is 2. The summed E-state index contributed by atoms with van der Waals surface area (Å²) in [6.45, 7) is 0. The number of aromatic nitrogens is 3. The molecule has 0 spiro atoms. The van der Waals surface area contributed by atoms with Crippen molar-refractivity contribution in [1.29, 1.82) is 0 Å². The van der Waals surface area contributed by atoms with E-state index in [0.29, 0.717) is 22.8 Å². The fourth-order valence-electron chi connectivity index (χ4n) is 2.84. The van der Waals surface area contributed by atoms with Crippen molar-refractivity contribution in [3.63, 3.8) is 0 Å². The number of fused-ring (bicyclic) bond motifs is 1. The highest BCUT2D eigenvalue weighted by molar-refractivity contribution is 7.98. The highest BCUT2D eigenvalue weighted by Crippen LogP contribution is 2.32. The first-order valence-corrected chi connectivity index (χ1v) is 9.49. The largest absolute Gasteiger partial charge is 0.479 e. The van der Waals surface area contributed by atoms with Crippen LogP contribution in [0.3, 0.4) is 0 Å². The average Bonchev–Trinajstić information content (AvgIpc) is 3.11. The molecule has 2 heterocycles. The molecular formula is C20H16N4O3S. The molecule has 0 aliphatic rings. The van der Waals surface area contributed by atoms with Crippen LogP contribution < -0.4 is 4.74 Å². The molecule has 2 aromatic heterocycles. The van der Waals surface area contributed by atoms with Gasteiger partial charge in [-0.3, -0.25) is 10.1 Å². The predicted molar refractivity (Wildman–Crippen MR) is 108 cm³/mol. The minimum atomic E-state index is -0.428. The van der Waals surface area contributed by atoms with Crippen LogP contribution >= 0.6 is 11.8 Å². The lowest BCUT2D eigenvalue weighted by Gasteiger charge is -2.05. The van der Waals surface area contributed by atoms with Crippen LogP contribution in [0.15, 0.2) is 71.8 Å². The van der Waals surface area contributed by atoms with Crippen LogP contribution in [-0.4, -0.2) is 26.6 Å². The normalized spacial score (nSPS) is 10.9. The van der Waals surface area contributed by atoms with E-state index in [2.05, 4.69) is 22.2 Å². The van der Waals surface area contributed by atoms with Crippen molar-refractivity contribution in [2.75, 3.05) is 7.11 Å². The molecule has 0 N–H and O–H groups in total. The maximum atomic E-state index is 11.1. The summed E-state index contributed by atoms with van der Waals surface area (Å²) in [5, 5.41) is 16.5. The van der Waals surface area contributed by atoms with Gasteiger partial charge in [0, 0.05) is 23.4 Å². The van der Waals surface area contributed by atoms with Gasteiger partial charge < -0.3 is 4.74 Å². The van der Waals surface area contributed by atoms with Gasteiger partial charge in [-0.15, -0.1) is 0 Å². The Labute approximate surface area is 165 Å². The summed E-state index contributed by atoms with van der Waals surface area (Å²) in [6, 6.07) is 20.3. The Bertz CT molecular complexity index is 1140. The molecule has 2 aromatic carbocycles. The van der Waals surface area contributed by atoms with Crippen LogP contribution in [0, 0.1) is 10.1 Å². The molecule has 0 bridgehead atoms. The second kappa shape index (κ2) is 7.69. The molecule has 4 rings (SSSR count). The van der Waals surface area contributed by atoms with Crippen LogP contribution in [0.4, 0.5) is 5.69 Å². The number of thioether (sulfide) groups is 1. The molecule has 0 saturated heterocycles. The number of nitro groups is 1. The summed E-state index contributed by atoms with van der Waals surface area (Å²) in [6.07, 6.45) is 0. The quantitative estimate of drug-likeness (QED) is 0.271. The molecule has 8 heteroatoms. The second-order valence-electron chi connectivity index (χ2n) is 5.99. The third-order valence-electron chi connectivity index (χ3n) is 4.17. The molecule has 0 aliphatic carbocycles. The van der Waals surface area contributed by atoms with Gasteiger partial charge in [0.05, 0.1) is 12.0 Å². The lowest BCUT2D eigenvalue weighted by atomic mass is 10.1. The van der Waals surface area contributed by atoms with E-state index >= 15 is 0 Å². The van der Waals surface area contributed by atoms with Gasteiger partial charge in [-0.1, -0.05) is 54.2 Å². The van der Waals surface area contributed by atoms with Crippen molar-refractivity contribution in [3.05, 3.63) is 82.4 Å². The Kier molecular flexibility index (Phi) is 4.94. The van der Waals surface area contributed by atoms with Gasteiger partial charge in [-0.2, -0.15) is 9.61 Å². The zero-order chi connectivity index (χ0) is 19.5. The Hall–Kier alpha value is -3.39. The Morgan fingerprint density at radius 1 is 1.11 bits per heavy atom. The standard InChI is InChI=1S/C20H16N4O3S/c1-27-20-19(15-8-5-9-16(12-15)24(25)26)21-17-10-11-18(22-23(17)20)28-13-14-6-3-2-4-7-14/h2-12H,13H2,1H3. The molecule has 28 heavy (non-hydrogen) atoms. The fraction of sp³-hybridized carbons (Fsp3) is 0.100. The molecule has 0 fully saturated rings. The molecule has 4 aromatic rings. The molecule has 0 saturated carbocycles. The zero-order valence-electron chi connectivity index (χ0n) is 15.0. The molecule has 0 radical (unpaired) electrons. The number of nitro benzene ring substituents is 1. The van der Waals surface area contributed by atoms with Crippen LogP contribution in [-0.2, 0) is 5.75 Å². The Morgan fingerprint density at radius 2 is 1.93 bits per heavy atom. The molecule has 0 amide bonds. The number of ether oxygens (including phenoxy) is 1. The molecule has 0 atom stereocenters. The molecule has 7 nitrogen and oxygen atoms in total. The van der Waals surface area contributed by atoms with Crippen molar-refractivity contribution in [2.45, 2.75) is 10.8 Å². The lowest BCUT2D eigenvalue weighted by molar-refractivity contribution is -0.384. The Balaban J connectivity index is 1.70. The smallest absolute Gasteiger partial charge is 0.270 e. The van der Waals surface area contributed by atoms with E-state index in [0.717, 1.165) is 10.8 Å². The van der Waals surface area contributed by atoms with Gasteiger partial charge in [0.2, 0.25) is 5.88 Å². The minimum Gasteiger partial charge on any atom is -0.479 e. The van der Waals surface area contributed by atoms with E-state index in [1.807, 2.05) is 30.3 Å². The van der Waals surface area contributed by atoms with Gasteiger partial charge >= 0.3 is 0 Å². The van der Waals surface area contributed by atoms with Crippen molar-refractivity contribution in [1.82, 2.24) is 14.6 Å². The topological polar surface area (TPSA) is 82.6 Å². The number of non-ortho nitro benzene ring substituents is 1. The zero-order valence-corrected chi connectivity index (χ0v) is 15.8. The number of nitrogens with zero attached hydrogens (tertiary/aromatic N) is 4. The summed E-state index contributed by atoms with van der Waals surface area (Å²) in [5.74, 6) is 1.24.